The summed E-state index contributed by atoms with van der Waals surface area (Å²) in [7, 11) is 1.42. The van der Waals surface area contributed by atoms with Crippen molar-refractivity contribution in [2.24, 2.45) is 0 Å². The standard InChI is InChI=1S/C25H27ClN2O6/c1-33-14-21(30)28(13-15-6-8-16(26)9-7-15)19-12-18(25(32)27-10-11-29)22-17-4-2-3-5-20(17)34-24(22)23(19)31/h2-9,12,19,22-24,29,31H,10-11,13-14H2,1H3,(H,27,32)/t19-,22+,23+,24+/m1/s1. The van der Waals surface area contributed by atoms with Crippen LogP contribution >= 0.6 is 11.6 Å². The summed E-state index contributed by atoms with van der Waals surface area (Å²) in [6.45, 7) is -0.138. The Morgan fingerprint density at radius 1 is 1.18 bits per heavy atom. The largest absolute Gasteiger partial charge is 0.486 e. The lowest BCUT2D eigenvalue weighted by Gasteiger charge is -2.40. The SMILES string of the molecule is COCC(=O)N(Cc1ccc(Cl)cc1)[C@@H]1C=C(C(=O)NCCO)[C@@H]2c3ccccc3O[C@@H]2[C@H]1O. The van der Waals surface area contributed by atoms with Crippen LogP contribution in [0.5, 0.6) is 5.75 Å². The number of ether oxygens (including phenoxy) is 2. The fraction of sp³-hybridized carbons (Fsp3) is 0.360. The highest BCUT2D eigenvalue weighted by atomic mass is 35.5. The van der Waals surface area contributed by atoms with Crippen LogP contribution in [0.3, 0.4) is 0 Å². The number of hydrogen-bond acceptors (Lipinski definition) is 6. The molecule has 0 saturated heterocycles. The van der Waals surface area contributed by atoms with Gasteiger partial charge in [0.2, 0.25) is 11.8 Å². The molecule has 2 aromatic rings. The summed E-state index contributed by atoms with van der Waals surface area (Å²) in [4.78, 5) is 27.7. The molecule has 180 valence electrons. The zero-order chi connectivity index (χ0) is 24.2. The molecule has 0 saturated carbocycles. The molecule has 0 aromatic heterocycles. The average Bonchev–Trinajstić information content (AvgIpc) is 3.23. The van der Waals surface area contributed by atoms with E-state index < -0.39 is 24.2 Å². The number of aliphatic hydroxyl groups is 2. The molecule has 4 atom stereocenters. The first-order chi connectivity index (χ1) is 16.4. The summed E-state index contributed by atoms with van der Waals surface area (Å²) in [6.07, 6.45) is -0.224. The van der Waals surface area contributed by atoms with E-state index in [1.165, 1.54) is 12.0 Å². The first kappa shape index (κ1) is 24.2. The number of halogens is 1. The lowest BCUT2D eigenvalue weighted by molar-refractivity contribution is -0.141. The molecule has 4 rings (SSSR count). The summed E-state index contributed by atoms with van der Waals surface area (Å²) in [5, 5.41) is 23.8. The number of carbonyl (C=O) groups excluding carboxylic acids is 2. The number of nitrogens with zero attached hydrogens (tertiary/aromatic N) is 1. The van der Waals surface area contributed by atoms with Crippen LogP contribution in [0.1, 0.15) is 17.0 Å². The second-order valence-electron chi connectivity index (χ2n) is 8.26. The molecule has 8 nitrogen and oxygen atoms in total. The van der Waals surface area contributed by atoms with Crippen molar-refractivity contribution in [3.05, 3.63) is 76.3 Å². The second kappa shape index (κ2) is 10.6. The van der Waals surface area contributed by atoms with Gasteiger partial charge in [0.15, 0.2) is 0 Å². The highest BCUT2D eigenvalue weighted by molar-refractivity contribution is 6.30. The number of carbonyl (C=O) groups is 2. The van der Waals surface area contributed by atoms with Crippen molar-refractivity contribution in [1.82, 2.24) is 10.2 Å². The maximum Gasteiger partial charge on any atom is 0.249 e. The van der Waals surface area contributed by atoms with Gasteiger partial charge in [-0.25, -0.2) is 0 Å². The summed E-state index contributed by atoms with van der Waals surface area (Å²) >= 11 is 6.00. The van der Waals surface area contributed by atoms with Crippen molar-refractivity contribution in [3.63, 3.8) is 0 Å². The van der Waals surface area contributed by atoms with E-state index in [0.29, 0.717) is 16.3 Å². The number of aliphatic hydroxyl groups excluding tert-OH is 2. The first-order valence-corrected chi connectivity index (χ1v) is 11.4. The molecule has 3 N–H and O–H groups in total. The minimum atomic E-state index is -1.10. The van der Waals surface area contributed by atoms with Gasteiger partial charge < -0.3 is 29.9 Å². The molecule has 9 heteroatoms. The van der Waals surface area contributed by atoms with E-state index in [2.05, 4.69) is 5.32 Å². The van der Waals surface area contributed by atoms with E-state index in [0.717, 1.165) is 11.1 Å². The third kappa shape index (κ3) is 4.81. The van der Waals surface area contributed by atoms with Gasteiger partial charge in [0, 0.05) is 36.4 Å². The van der Waals surface area contributed by atoms with Gasteiger partial charge in [-0.1, -0.05) is 41.9 Å². The fourth-order valence-electron chi connectivity index (χ4n) is 4.54. The quantitative estimate of drug-likeness (QED) is 0.523. The van der Waals surface area contributed by atoms with Crippen LogP contribution in [0.2, 0.25) is 5.02 Å². The minimum absolute atomic E-state index is 0.0837. The van der Waals surface area contributed by atoms with E-state index in [9.17, 15) is 19.8 Å². The van der Waals surface area contributed by atoms with Crippen LogP contribution in [-0.4, -0.2) is 72.0 Å². The summed E-state index contributed by atoms with van der Waals surface area (Å²) in [6, 6.07) is 13.5. The third-order valence-electron chi connectivity index (χ3n) is 6.09. The van der Waals surface area contributed by atoms with Crippen molar-refractivity contribution >= 4 is 23.4 Å². The van der Waals surface area contributed by atoms with Gasteiger partial charge in [-0.3, -0.25) is 9.59 Å². The van der Waals surface area contributed by atoms with Gasteiger partial charge in [-0.15, -0.1) is 0 Å². The van der Waals surface area contributed by atoms with E-state index >= 15 is 0 Å². The molecule has 0 fully saturated rings. The maximum absolute atomic E-state index is 13.1. The van der Waals surface area contributed by atoms with E-state index in [1.807, 2.05) is 18.2 Å². The molecule has 2 aliphatic rings. The molecule has 0 spiro atoms. The average molecular weight is 487 g/mol. The Labute approximate surface area is 202 Å². The number of hydrogen-bond donors (Lipinski definition) is 3. The van der Waals surface area contributed by atoms with Gasteiger partial charge in [0.25, 0.3) is 0 Å². The lowest BCUT2D eigenvalue weighted by Crippen LogP contribution is -2.56. The van der Waals surface area contributed by atoms with Crippen molar-refractivity contribution in [3.8, 4) is 5.75 Å². The van der Waals surface area contributed by atoms with Gasteiger partial charge in [-0.2, -0.15) is 0 Å². The van der Waals surface area contributed by atoms with E-state index in [-0.39, 0.29) is 38.1 Å². The molecule has 2 amide bonds. The van der Waals surface area contributed by atoms with Crippen molar-refractivity contribution in [2.45, 2.75) is 30.7 Å². The fourth-order valence-corrected chi connectivity index (χ4v) is 4.67. The highest BCUT2D eigenvalue weighted by Gasteiger charge is 2.50. The number of para-hydroxylation sites is 1. The van der Waals surface area contributed by atoms with Crippen LogP contribution in [-0.2, 0) is 20.9 Å². The summed E-state index contributed by atoms with van der Waals surface area (Å²) < 4.78 is 11.2. The second-order valence-corrected chi connectivity index (χ2v) is 8.70. The van der Waals surface area contributed by atoms with Gasteiger partial charge in [0.05, 0.1) is 18.6 Å². The molecule has 34 heavy (non-hydrogen) atoms. The van der Waals surface area contributed by atoms with Crippen molar-refractivity contribution in [2.75, 3.05) is 26.9 Å². The van der Waals surface area contributed by atoms with E-state index in [4.69, 9.17) is 21.1 Å². The zero-order valence-corrected chi connectivity index (χ0v) is 19.4. The number of nitrogens with one attached hydrogen (secondary N) is 1. The van der Waals surface area contributed by atoms with Crippen molar-refractivity contribution < 1.29 is 29.3 Å². The molecular formula is C25H27ClN2O6. The predicted molar refractivity (Wildman–Crippen MR) is 125 cm³/mol. The number of rotatable bonds is 8. The maximum atomic E-state index is 13.1. The van der Waals surface area contributed by atoms with E-state index in [1.54, 1.807) is 36.4 Å². The van der Waals surface area contributed by atoms with Gasteiger partial charge in [-0.05, 0) is 29.8 Å². The predicted octanol–water partition coefficient (Wildman–Crippen LogP) is 1.64. The van der Waals surface area contributed by atoms with Crippen LogP contribution in [0.4, 0.5) is 0 Å². The Bertz CT molecular complexity index is 1070. The topological polar surface area (TPSA) is 108 Å². The number of benzene rings is 2. The Morgan fingerprint density at radius 2 is 1.91 bits per heavy atom. The highest BCUT2D eigenvalue weighted by Crippen LogP contribution is 2.47. The molecule has 2 aromatic carbocycles. The molecule has 0 radical (unpaired) electrons. The Kier molecular flexibility index (Phi) is 7.53. The monoisotopic (exact) mass is 486 g/mol. The smallest absolute Gasteiger partial charge is 0.249 e. The molecule has 1 heterocycles. The van der Waals surface area contributed by atoms with Crippen LogP contribution < -0.4 is 10.1 Å². The minimum Gasteiger partial charge on any atom is -0.486 e. The number of methoxy groups -OCH3 is 1. The van der Waals surface area contributed by atoms with Crippen LogP contribution in [0.15, 0.2) is 60.2 Å². The summed E-state index contributed by atoms with van der Waals surface area (Å²) in [5.41, 5.74) is 1.98. The molecule has 0 unspecified atom stereocenters. The normalized spacial score (nSPS) is 22.8. The van der Waals surface area contributed by atoms with Crippen molar-refractivity contribution in [1.29, 1.82) is 0 Å². The van der Waals surface area contributed by atoms with Gasteiger partial charge in [0.1, 0.15) is 24.6 Å². The Hall–Kier alpha value is -2.91. The molecular weight excluding hydrogens is 460 g/mol. The summed E-state index contributed by atoms with van der Waals surface area (Å²) in [5.74, 6) is -0.643. The zero-order valence-electron chi connectivity index (χ0n) is 18.7. The number of amides is 2. The Balaban J connectivity index is 1.74. The Morgan fingerprint density at radius 3 is 2.62 bits per heavy atom. The lowest BCUT2D eigenvalue weighted by atomic mass is 9.77. The van der Waals surface area contributed by atoms with Crippen LogP contribution in [0.25, 0.3) is 0 Å². The molecule has 1 aliphatic heterocycles. The van der Waals surface area contributed by atoms with Crippen LogP contribution in [0, 0.1) is 0 Å². The number of fused-ring (bicyclic) bond motifs is 3. The van der Waals surface area contributed by atoms with Gasteiger partial charge >= 0.3 is 0 Å². The molecule has 0 bridgehead atoms. The molecule has 1 aliphatic carbocycles. The third-order valence-corrected chi connectivity index (χ3v) is 6.34. The first-order valence-electron chi connectivity index (χ1n) is 11.0.